The topological polar surface area (TPSA) is 115 Å². The largest absolute Gasteiger partial charge is 0.407 e. The third kappa shape index (κ3) is 5.04. The SMILES string of the molecule is CC1CN(S(=O)(=O)c2ccc(C(=O)Nc3nnc(Cc4ccccc4)o3)cc2)CC(C)O1. The lowest BCUT2D eigenvalue weighted by Gasteiger charge is -2.34. The van der Waals surface area contributed by atoms with Crippen molar-refractivity contribution in [3.63, 3.8) is 0 Å². The lowest BCUT2D eigenvalue weighted by Crippen LogP contribution is -2.48. The molecule has 10 heteroatoms. The van der Waals surface area contributed by atoms with E-state index in [0.717, 1.165) is 5.56 Å². The molecule has 4 rings (SSSR count). The van der Waals surface area contributed by atoms with Crippen molar-refractivity contribution in [2.45, 2.75) is 37.4 Å². The van der Waals surface area contributed by atoms with Gasteiger partial charge in [0.2, 0.25) is 15.9 Å². The number of rotatable bonds is 6. The number of amides is 1. The number of nitrogens with zero attached hydrogens (tertiary/aromatic N) is 3. The Balaban J connectivity index is 1.41. The summed E-state index contributed by atoms with van der Waals surface area (Å²) in [4.78, 5) is 12.6. The first-order chi connectivity index (χ1) is 15.3. The first-order valence-electron chi connectivity index (χ1n) is 10.2. The van der Waals surface area contributed by atoms with Gasteiger partial charge in [-0.15, -0.1) is 5.10 Å². The summed E-state index contributed by atoms with van der Waals surface area (Å²) >= 11 is 0. The Labute approximate surface area is 186 Å². The van der Waals surface area contributed by atoms with Crippen molar-refractivity contribution in [2.75, 3.05) is 18.4 Å². The summed E-state index contributed by atoms with van der Waals surface area (Å²) in [5, 5.41) is 10.3. The summed E-state index contributed by atoms with van der Waals surface area (Å²) in [5.74, 6) is -0.0978. The molecule has 1 aliphatic rings. The zero-order chi connectivity index (χ0) is 22.7. The van der Waals surface area contributed by atoms with Gasteiger partial charge in [-0.25, -0.2) is 8.42 Å². The summed E-state index contributed by atoms with van der Waals surface area (Å²) in [7, 11) is -3.67. The lowest BCUT2D eigenvalue weighted by molar-refractivity contribution is -0.0440. The first-order valence-corrected chi connectivity index (χ1v) is 11.7. The predicted molar refractivity (Wildman–Crippen MR) is 117 cm³/mol. The Morgan fingerprint density at radius 3 is 2.34 bits per heavy atom. The molecular formula is C22H24N4O5S. The van der Waals surface area contributed by atoms with E-state index in [1.165, 1.54) is 28.6 Å². The van der Waals surface area contributed by atoms with Crippen molar-refractivity contribution >= 4 is 21.9 Å². The van der Waals surface area contributed by atoms with Crippen LogP contribution in [0.4, 0.5) is 6.01 Å². The van der Waals surface area contributed by atoms with E-state index in [1.807, 2.05) is 44.2 Å². The van der Waals surface area contributed by atoms with E-state index < -0.39 is 15.9 Å². The van der Waals surface area contributed by atoms with Crippen LogP contribution in [0.5, 0.6) is 0 Å². The highest BCUT2D eigenvalue weighted by Crippen LogP contribution is 2.22. The highest BCUT2D eigenvalue weighted by atomic mass is 32.2. The maximum absolute atomic E-state index is 12.9. The number of carbonyl (C=O) groups is 1. The molecule has 0 aliphatic carbocycles. The number of ether oxygens (including phenoxy) is 1. The van der Waals surface area contributed by atoms with Gasteiger partial charge in [-0.3, -0.25) is 10.1 Å². The molecule has 1 aromatic heterocycles. The predicted octanol–water partition coefficient (Wildman–Crippen LogP) is 2.71. The molecule has 2 unspecified atom stereocenters. The van der Waals surface area contributed by atoms with Crippen LogP contribution in [0.1, 0.15) is 35.7 Å². The van der Waals surface area contributed by atoms with Crippen molar-refractivity contribution < 1.29 is 22.4 Å². The first kappa shape index (κ1) is 22.1. The standard InChI is InChI=1S/C22H24N4O5S/c1-15-13-26(14-16(2)30-15)32(28,29)19-10-8-18(9-11-19)21(27)23-22-25-24-20(31-22)12-17-6-4-3-5-7-17/h3-11,15-16H,12-14H2,1-2H3,(H,23,25,27). The van der Waals surface area contributed by atoms with Gasteiger partial charge in [0, 0.05) is 18.7 Å². The van der Waals surface area contributed by atoms with Crippen LogP contribution in [-0.4, -0.2) is 54.1 Å². The van der Waals surface area contributed by atoms with Gasteiger partial charge in [-0.05, 0) is 43.7 Å². The maximum Gasteiger partial charge on any atom is 0.322 e. The molecule has 1 N–H and O–H groups in total. The smallest absolute Gasteiger partial charge is 0.322 e. The van der Waals surface area contributed by atoms with Crippen molar-refractivity contribution in [1.82, 2.24) is 14.5 Å². The fourth-order valence-corrected chi connectivity index (χ4v) is 5.16. The molecule has 3 aromatic rings. The number of benzene rings is 2. The van der Waals surface area contributed by atoms with E-state index in [2.05, 4.69) is 15.5 Å². The molecule has 2 atom stereocenters. The Morgan fingerprint density at radius 1 is 1.03 bits per heavy atom. The second kappa shape index (κ2) is 9.19. The molecule has 2 aromatic carbocycles. The van der Waals surface area contributed by atoms with Gasteiger partial charge >= 0.3 is 6.01 Å². The van der Waals surface area contributed by atoms with Crippen LogP contribution in [0.3, 0.4) is 0 Å². The van der Waals surface area contributed by atoms with Crippen molar-refractivity contribution in [2.24, 2.45) is 0 Å². The van der Waals surface area contributed by atoms with Gasteiger partial charge in [-0.2, -0.15) is 4.31 Å². The highest BCUT2D eigenvalue weighted by Gasteiger charge is 2.32. The van der Waals surface area contributed by atoms with Crippen LogP contribution in [0.25, 0.3) is 0 Å². The van der Waals surface area contributed by atoms with Crippen LogP contribution in [0.15, 0.2) is 63.9 Å². The Bertz CT molecular complexity index is 1170. The minimum absolute atomic E-state index is 0.0195. The third-order valence-corrected chi connectivity index (χ3v) is 6.87. The zero-order valence-electron chi connectivity index (χ0n) is 17.8. The molecule has 1 fully saturated rings. The molecule has 0 saturated carbocycles. The second-order valence-corrected chi connectivity index (χ2v) is 9.66. The van der Waals surface area contributed by atoms with Crippen molar-refractivity contribution in [3.05, 3.63) is 71.6 Å². The molecule has 2 heterocycles. The highest BCUT2D eigenvalue weighted by molar-refractivity contribution is 7.89. The number of carbonyl (C=O) groups excluding carboxylic acids is 1. The lowest BCUT2D eigenvalue weighted by atomic mass is 10.2. The number of aromatic nitrogens is 2. The van der Waals surface area contributed by atoms with Crippen LogP contribution >= 0.6 is 0 Å². The average Bonchev–Trinajstić information content (AvgIpc) is 3.20. The van der Waals surface area contributed by atoms with E-state index in [4.69, 9.17) is 9.15 Å². The van der Waals surface area contributed by atoms with Gasteiger partial charge in [0.05, 0.1) is 23.5 Å². The van der Waals surface area contributed by atoms with Gasteiger partial charge in [0.15, 0.2) is 0 Å². The van der Waals surface area contributed by atoms with E-state index in [1.54, 1.807) is 0 Å². The fourth-order valence-electron chi connectivity index (χ4n) is 3.57. The van der Waals surface area contributed by atoms with Gasteiger partial charge in [-0.1, -0.05) is 35.4 Å². The Kier molecular flexibility index (Phi) is 6.35. The van der Waals surface area contributed by atoms with Gasteiger partial charge in [0.1, 0.15) is 0 Å². The quantitative estimate of drug-likeness (QED) is 0.606. The van der Waals surface area contributed by atoms with Gasteiger partial charge in [0.25, 0.3) is 5.91 Å². The molecule has 0 spiro atoms. The van der Waals surface area contributed by atoms with Crippen molar-refractivity contribution in [3.8, 4) is 0 Å². The van der Waals surface area contributed by atoms with Crippen molar-refractivity contribution in [1.29, 1.82) is 0 Å². The minimum Gasteiger partial charge on any atom is -0.407 e. The zero-order valence-corrected chi connectivity index (χ0v) is 18.6. The molecule has 1 aliphatic heterocycles. The number of morpholine rings is 1. The van der Waals surface area contributed by atoms with Crippen LogP contribution in [-0.2, 0) is 21.2 Å². The molecule has 0 bridgehead atoms. The summed E-state index contributed by atoms with van der Waals surface area (Å²) in [5.41, 5.74) is 1.28. The summed E-state index contributed by atoms with van der Waals surface area (Å²) in [6.45, 7) is 4.26. The number of hydrogen-bond donors (Lipinski definition) is 1. The van der Waals surface area contributed by atoms with Crippen LogP contribution in [0, 0.1) is 0 Å². The second-order valence-electron chi connectivity index (χ2n) is 7.72. The van der Waals surface area contributed by atoms with E-state index in [9.17, 15) is 13.2 Å². The number of anilines is 1. The third-order valence-electron chi connectivity index (χ3n) is 5.03. The molecule has 9 nitrogen and oxygen atoms in total. The number of nitrogens with one attached hydrogen (secondary N) is 1. The molecule has 0 radical (unpaired) electrons. The minimum atomic E-state index is -3.67. The normalized spacial score (nSPS) is 19.6. The van der Waals surface area contributed by atoms with Gasteiger partial charge < -0.3 is 9.15 Å². The summed E-state index contributed by atoms with van der Waals surface area (Å²) in [6.07, 6.45) is 0.0919. The number of sulfonamides is 1. The summed E-state index contributed by atoms with van der Waals surface area (Å²) < 4.78 is 38.4. The number of hydrogen-bond acceptors (Lipinski definition) is 7. The van der Waals surface area contributed by atoms with Crippen LogP contribution < -0.4 is 5.32 Å². The van der Waals surface area contributed by atoms with E-state index in [-0.39, 0.29) is 41.8 Å². The monoisotopic (exact) mass is 456 g/mol. The van der Waals surface area contributed by atoms with Crippen LogP contribution in [0.2, 0.25) is 0 Å². The van der Waals surface area contributed by atoms with E-state index >= 15 is 0 Å². The summed E-state index contributed by atoms with van der Waals surface area (Å²) in [6, 6.07) is 15.4. The van der Waals surface area contributed by atoms with E-state index in [0.29, 0.717) is 12.3 Å². The Morgan fingerprint density at radius 2 is 1.69 bits per heavy atom. The average molecular weight is 457 g/mol. The Hall–Kier alpha value is -3.08. The molecule has 168 valence electrons. The molecular weight excluding hydrogens is 432 g/mol. The fraction of sp³-hybridized carbons (Fsp3) is 0.318. The molecule has 1 saturated heterocycles. The molecule has 32 heavy (non-hydrogen) atoms. The molecule has 1 amide bonds. The maximum atomic E-state index is 12.9.